The van der Waals surface area contributed by atoms with Crippen molar-refractivity contribution >= 4 is 17.5 Å². The summed E-state index contributed by atoms with van der Waals surface area (Å²) in [6.45, 7) is 2.13. The number of benzene rings is 2. The van der Waals surface area contributed by atoms with E-state index in [-0.39, 0.29) is 30.2 Å². The number of rotatable bonds is 7. The first-order chi connectivity index (χ1) is 15.0. The molecule has 1 aliphatic carbocycles. The van der Waals surface area contributed by atoms with Gasteiger partial charge < -0.3 is 20.5 Å². The van der Waals surface area contributed by atoms with Gasteiger partial charge in [0.1, 0.15) is 18.1 Å². The van der Waals surface area contributed by atoms with E-state index < -0.39 is 0 Å². The number of hydrogen-bond acceptors (Lipinski definition) is 5. The number of pyridine rings is 1. The summed E-state index contributed by atoms with van der Waals surface area (Å²) in [5.41, 5.74) is 3.16. The Morgan fingerprint density at radius 1 is 1.03 bits per heavy atom. The van der Waals surface area contributed by atoms with Gasteiger partial charge in [0.15, 0.2) is 0 Å². The maximum absolute atomic E-state index is 12.7. The van der Waals surface area contributed by atoms with Crippen molar-refractivity contribution in [1.82, 2.24) is 10.3 Å². The SMILES string of the molecule is Cc1ccc(C(=O)NC2CC2)cc1NC(=O)c1ccc(OCc2ccc(O)cn2)cc1. The van der Waals surface area contributed by atoms with Gasteiger partial charge in [-0.25, -0.2) is 0 Å². The minimum atomic E-state index is -0.269. The quantitative estimate of drug-likeness (QED) is 0.543. The van der Waals surface area contributed by atoms with E-state index in [1.54, 1.807) is 48.5 Å². The van der Waals surface area contributed by atoms with E-state index >= 15 is 0 Å². The minimum Gasteiger partial charge on any atom is -0.506 e. The summed E-state index contributed by atoms with van der Waals surface area (Å²) in [6, 6.07) is 15.6. The summed E-state index contributed by atoms with van der Waals surface area (Å²) in [5, 5.41) is 15.1. The number of aromatic nitrogens is 1. The molecule has 2 aromatic carbocycles. The van der Waals surface area contributed by atoms with E-state index in [2.05, 4.69) is 15.6 Å². The van der Waals surface area contributed by atoms with E-state index in [1.807, 2.05) is 13.0 Å². The van der Waals surface area contributed by atoms with Crippen molar-refractivity contribution in [3.63, 3.8) is 0 Å². The molecule has 1 fully saturated rings. The third-order valence-corrected chi connectivity index (χ3v) is 4.97. The van der Waals surface area contributed by atoms with Crippen LogP contribution in [0.5, 0.6) is 11.5 Å². The molecule has 1 saturated carbocycles. The summed E-state index contributed by atoms with van der Waals surface area (Å²) < 4.78 is 5.66. The number of nitrogens with zero attached hydrogens (tertiary/aromatic N) is 1. The first-order valence-corrected chi connectivity index (χ1v) is 10.1. The zero-order chi connectivity index (χ0) is 21.8. The molecule has 3 aromatic rings. The van der Waals surface area contributed by atoms with Crippen molar-refractivity contribution in [3.8, 4) is 11.5 Å². The van der Waals surface area contributed by atoms with Gasteiger partial charge in [0, 0.05) is 22.9 Å². The number of amides is 2. The summed E-state index contributed by atoms with van der Waals surface area (Å²) in [7, 11) is 0. The van der Waals surface area contributed by atoms with Gasteiger partial charge >= 0.3 is 0 Å². The van der Waals surface area contributed by atoms with Crippen LogP contribution in [-0.4, -0.2) is 27.9 Å². The molecule has 7 nitrogen and oxygen atoms in total. The molecule has 1 aromatic heterocycles. The second-order valence-corrected chi connectivity index (χ2v) is 7.55. The molecule has 0 spiro atoms. The van der Waals surface area contributed by atoms with E-state index in [0.717, 1.165) is 18.4 Å². The number of carbonyl (C=O) groups is 2. The molecule has 7 heteroatoms. The monoisotopic (exact) mass is 417 g/mol. The highest BCUT2D eigenvalue weighted by molar-refractivity contribution is 6.05. The highest BCUT2D eigenvalue weighted by atomic mass is 16.5. The zero-order valence-corrected chi connectivity index (χ0v) is 17.1. The number of hydrogen-bond donors (Lipinski definition) is 3. The number of carbonyl (C=O) groups excluding carboxylic acids is 2. The van der Waals surface area contributed by atoms with Crippen LogP contribution in [0.4, 0.5) is 5.69 Å². The lowest BCUT2D eigenvalue weighted by Crippen LogP contribution is -2.25. The predicted octanol–water partition coefficient (Wildman–Crippen LogP) is 3.82. The fraction of sp³-hybridized carbons (Fsp3) is 0.208. The van der Waals surface area contributed by atoms with Crippen LogP contribution in [-0.2, 0) is 6.61 Å². The van der Waals surface area contributed by atoms with E-state index in [4.69, 9.17) is 4.74 Å². The molecule has 158 valence electrons. The lowest BCUT2D eigenvalue weighted by Gasteiger charge is -2.11. The van der Waals surface area contributed by atoms with Crippen LogP contribution in [0, 0.1) is 6.92 Å². The first kappa shape index (κ1) is 20.4. The second kappa shape index (κ2) is 8.87. The van der Waals surface area contributed by atoms with Crippen molar-refractivity contribution in [3.05, 3.63) is 83.2 Å². The summed E-state index contributed by atoms with van der Waals surface area (Å²) in [6.07, 6.45) is 3.40. The number of nitrogens with one attached hydrogen (secondary N) is 2. The second-order valence-electron chi connectivity index (χ2n) is 7.55. The van der Waals surface area contributed by atoms with Crippen molar-refractivity contribution in [1.29, 1.82) is 0 Å². The smallest absolute Gasteiger partial charge is 0.255 e. The van der Waals surface area contributed by atoms with Crippen LogP contribution in [0.1, 0.15) is 44.8 Å². The van der Waals surface area contributed by atoms with Gasteiger partial charge in [-0.3, -0.25) is 14.6 Å². The molecule has 1 heterocycles. The van der Waals surface area contributed by atoms with Crippen molar-refractivity contribution in [2.45, 2.75) is 32.4 Å². The number of ether oxygens (including phenoxy) is 1. The lowest BCUT2D eigenvalue weighted by molar-refractivity contribution is 0.0949. The Kier molecular flexibility index (Phi) is 5.84. The fourth-order valence-electron chi connectivity index (χ4n) is 2.95. The Bertz CT molecular complexity index is 1090. The maximum Gasteiger partial charge on any atom is 0.255 e. The van der Waals surface area contributed by atoms with E-state index in [0.29, 0.717) is 28.3 Å². The highest BCUT2D eigenvalue weighted by Gasteiger charge is 2.24. The predicted molar refractivity (Wildman–Crippen MR) is 116 cm³/mol. The number of anilines is 1. The summed E-state index contributed by atoms with van der Waals surface area (Å²) in [5.74, 6) is 0.307. The summed E-state index contributed by atoms with van der Waals surface area (Å²) >= 11 is 0. The van der Waals surface area contributed by atoms with Crippen LogP contribution in [0.25, 0.3) is 0 Å². The molecule has 3 N–H and O–H groups in total. The zero-order valence-electron chi connectivity index (χ0n) is 17.1. The average Bonchev–Trinajstić information content (AvgIpc) is 3.59. The Labute approximate surface area is 180 Å². The van der Waals surface area contributed by atoms with Gasteiger partial charge in [-0.2, -0.15) is 0 Å². The largest absolute Gasteiger partial charge is 0.506 e. The molecule has 0 atom stereocenters. The molecule has 2 amide bonds. The molecule has 0 saturated heterocycles. The molecule has 4 rings (SSSR count). The topological polar surface area (TPSA) is 101 Å². The van der Waals surface area contributed by atoms with Crippen LogP contribution in [0.15, 0.2) is 60.8 Å². The number of aromatic hydroxyl groups is 1. The fourth-order valence-corrected chi connectivity index (χ4v) is 2.95. The molecule has 0 aliphatic heterocycles. The number of aryl methyl sites for hydroxylation is 1. The van der Waals surface area contributed by atoms with Crippen LogP contribution in [0.3, 0.4) is 0 Å². The van der Waals surface area contributed by atoms with Crippen LogP contribution in [0.2, 0.25) is 0 Å². The molecule has 31 heavy (non-hydrogen) atoms. The minimum absolute atomic E-state index is 0.100. The van der Waals surface area contributed by atoms with Gasteiger partial charge in [-0.15, -0.1) is 0 Å². The Hall–Kier alpha value is -3.87. The van der Waals surface area contributed by atoms with Crippen molar-refractivity contribution < 1.29 is 19.4 Å². The Morgan fingerprint density at radius 3 is 2.45 bits per heavy atom. The molecular formula is C24H23N3O4. The first-order valence-electron chi connectivity index (χ1n) is 10.1. The van der Waals surface area contributed by atoms with Gasteiger partial charge in [0.05, 0.1) is 11.9 Å². The average molecular weight is 417 g/mol. The maximum atomic E-state index is 12.7. The third kappa shape index (κ3) is 5.39. The molecule has 0 bridgehead atoms. The van der Waals surface area contributed by atoms with Gasteiger partial charge in [-0.05, 0) is 73.9 Å². The van der Waals surface area contributed by atoms with Crippen LogP contribution < -0.4 is 15.4 Å². The van der Waals surface area contributed by atoms with Crippen molar-refractivity contribution in [2.75, 3.05) is 5.32 Å². The van der Waals surface area contributed by atoms with Crippen molar-refractivity contribution in [2.24, 2.45) is 0 Å². The normalized spacial score (nSPS) is 12.8. The molecule has 0 unspecified atom stereocenters. The van der Waals surface area contributed by atoms with E-state index in [1.165, 1.54) is 6.20 Å². The van der Waals surface area contributed by atoms with Gasteiger partial charge in [0.2, 0.25) is 0 Å². The summed E-state index contributed by atoms with van der Waals surface area (Å²) in [4.78, 5) is 29.0. The molecular weight excluding hydrogens is 394 g/mol. The highest BCUT2D eigenvalue weighted by Crippen LogP contribution is 2.22. The lowest BCUT2D eigenvalue weighted by atomic mass is 10.1. The van der Waals surface area contributed by atoms with Gasteiger partial charge in [0.25, 0.3) is 11.8 Å². The van der Waals surface area contributed by atoms with E-state index in [9.17, 15) is 14.7 Å². The Balaban J connectivity index is 1.38. The molecule has 0 radical (unpaired) electrons. The molecule has 1 aliphatic rings. The Morgan fingerprint density at radius 2 is 1.77 bits per heavy atom. The standard InChI is InChI=1S/C24H23N3O4/c1-15-2-3-17(24(30)26-18-6-7-18)12-22(15)27-23(29)16-4-10-21(11-5-16)31-14-19-8-9-20(28)13-25-19/h2-5,8-13,18,28H,6-7,14H2,1H3,(H,26,30)(H,27,29). The van der Waals surface area contributed by atoms with Gasteiger partial charge in [-0.1, -0.05) is 6.07 Å². The third-order valence-electron chi connectivity index (χ3n) is 4.97. The van der Waals surface area contributed by atoms with Crippen LogP contribution >= 0.6 is 0 Å².